The third kappa shape index (κ3) is 3.14. The van der Waals surface area contributed by atoms with Gasteiger partial charge in [-0.1, -0.05) is 24.3 Å². The number of ether oxygens (including phenoxy) is 1. The Morgan fingerprint density at radius 2 is 1.81 bits per heavy atom. The van der Waals surface area contributed by atoms with Crippen LogP contribution >= 0.6 is 0 Å². The summed E-state index contributed by atoms with van der Waals surface area (Å²) in [4.78, 5) is 34.7. The largest absolute Gasteiger partial charge is 0.467 e. The zero-order valence-corrected chi connectivity index (χ0v) is 14.9. The molecule has 1 aliphatic heterocycles. The number of non-ortho nitro benzene ring substituents is 1. The zero-order chi connectivity index (χ0) is 19.8. The third-order valence-electron chi connectivity index (χ3n) is 4.20. The Kier molecular flexibility index (Phi) is 4.66. The molecular formula is C17H14N2O7S. The van der Waals surface area contributed by atoms with Crippen molar-refractivity contribution in [2.45, 2.75) is 17.4 Å². The topological polar surface area (TPSA) is 124 Å². The van der Waals surface area contributed by atoms with Crippen LogP contribution < -0.4 is 0 Å². The number of esters is 1. The van der Waals surface area contributed by atoms with Gasteiger partial charge in [-0.15, -0.1) is 0 Å². The van der Waals surface area contributed by atoms with E-state index >= 15 is 0 Å². The van der Waals surface area contributed by atoms with Crippen molar-refractivity contribution >= 4 is 27.6 Å². The van der Waals surface area contributed by atoms with Crippen molar-refractivity contribution < 1.29 is 27.7 Å². The minimum Gasteiger partial charge on any atom is -0.467 e. The van der Waals surface area contributed by atoms with Crippen LogP contribution in [0.1, 0.15) is 17.2 Å². The highest BCUT2D eigenvalue weighted by molar-refractivity contribution is 7.89. The standard InChI is InChI=1S/C17H14N2O7S/c1-26-17(21)16-14-5-3-2-4-11(14)10-15(20)18(16)27(24,25)13-8-6-12(7-9-13)19(22)23/h2-9,16H,10H2,1H3. The van der Waals surface area contributed by atoms with Crippen LogP contribution in [0.15, 0.2) is 53.4 Å². The molecule has 0 saturated heterocycles. The van der Waals surface area contributed by atoms with Crippen LogP contribution in [0, 0.1) is 10.1 Å². The summed E-state index contributed by atoms with van der Waals surface area (Å²) in [6.07, 6.45) is -0.199. The van der Waals surface area contributed by atoms with Gasteiger partial charge in [0, 0.05) is 12.1 Å². The lowest BCUT2D eigenvalue weighted by Gasteiger charge is -2.34. The fourth-order valence-electron chi connectivity index (χ4n) is 2.93. The maximum atomic E-state index is 13.0. The van der Waals surface area contributed by atoms with Crippen molar-refractivity contribution in [2.24, 2.45) is 0 Å². The van der Waals surface area contributed by atoms with E-state index in [1.807, 2.05) is 0 Å². The van der Waals surface area contributed by atoms with Crippen LogP contribution in [0.25, 0.3) is 0 Å². The minimum absolute atomic E-state index is 0.199. The number of benzene rings is 2. The molecule has 27 heavy (non-hydrogen) atoms. The monoisotopic (exact) mass is 390 g/mol. The van der Waals surface area contributed by atoms with Gasteiger partial charge in [0.05, 0.1) is 23.3 Å². The molecule has 1 unspecified atom stereocenters. The molecule has 1 aliphatic rings. The first-order valence-electron chi connectivity index (χ1n) is 7.74. The molecule has 0 spiro atoms. The van der Waals surface area contributed by atoms with E-state index in [0.29, 0.717) is 15.4 Å². The quantitative estimate of drug-likeness (QED) is 0.441. The van der Waals surface area contributed by atoms with E-state index in [-0.39, 0.29) is 17.0 Å². The molecule has 0 saturated carbocycles. The summed E-state index contributed by atoms with van der Waals surface area (Å²) in [5.41, 5.74) is 0.594. The minimum atomic E-state index is -4.44. The molecule has 10 heteroatoms. The molecule has 3 rings (SSSR count). The highest BCUT2D eigenvalue weighted by Gasteiger charge is 2.45. The lowest BCUT2D eigenvalue weighted by molar-refractivity contribution is -0.384. The van der Waals surface area contributed by atoms with Gasteiger partial charge < -0.3 is 4.74 Å². The fourth-order valence-corrected chi connectivity index (χ4v) is 4.45. The molecule has 1 atom stereocenters. The summed E-state index contributed by atoms with van der Waals surface area (Å²) < 4.78 is 31.3. The van der Waals surface area contributed by atoms with E-state index in [0.717, 1.165) is 31.4 Å². The molecule has 2 aromatic rings. The Hall–Kier alpha value is -3.27. The maximum absolute atomic E-state index is 13.0. The molecule has 0 bridgehead atoms. The van der Waals surface area contributed by atoms with E-state index in [1.165, 1.54) is 0 Å². The Labute approximate surface area is 154 Å². The number of rotatable bonds is 4. The van der Waals surface area contributed by atoms with Gasteiger partial charge in [-0.05, 0) is 23.3 Å². The Balaban J connectivity index is 2.13. The van der Waals surface area contributed by atoms with Crippen molar-refractivity contribution in [2.75, 3.05) is 7.11 Å². The smallest absolute Gasteiger partial charge is 0.334 e. The SMILES string of the molecule is COC(=O)C1c2ccccc2CC(=O)N1S(=O)(=O)c1ccc([N+](=O)[O-])cc1. The predicted octanol–water partition coefficient (Wildman–Crippen LogP) is 1.58. The molecule has 140 valence electrons. The molecule has 0 fully saturated rings. The van der Waals surface area contributed by atoms with Gasteiger partial charge in [-0.25, -0.2) is 17.5 Å². The maximum Gasteiger partial charge on any atom is 0.334 e. The van der Waals surface area contributed by atoms with Crippen LogP contribution in [-0.4, -0.2) is 36.6 Å². The second kappa shape index (κ2) is 6.80. The number of hydrogen-bond donors (Lipinski definition) is 0. The molecule has 0 radical (unpaired) electrons. The molecule has 0 aliphatic carbocycles. The molecular weight excluding hydrogens is 376 g/mol. The van der Waals surface area contributed by atoms with Crippen molar-refractivity contribution in [3.05, 3.63) is 69.8 Å². The van der Waals surface area contributed by atoms with Crippen LogP contribution in [0.2, 0.25) is 0 Å². The number of nitro groups is 1. The van der Waals surface area contributed by atoms with Crippen LogP contribution in [0.4, 0.5) is 5.69 Å². The highest BCUT2D eigenvalue weighted by Crippen LogP contribution is 2.36. The number of methoxy groups -OCH3 is 1. The van der Waals surface area contributed by atoms with Crippen LogP contribution in [0.3, 0.4) is 0 Å². The van der Waals surface area contributed by atoms with E-state index in [2.05, 4.69) is 0 Å². The average Bonchev–Trinajstić information content (AvgIpc) is 2.66. The summed E-state index contributed by atoms with van der Waals surface area (Å²) in [6, 6.07) is 9.12. The number of nitro benzene ring substituents is 1. The number of carbonyl (C=O) groups excluding carboxylic acids is 2. The lowest BCUT2D eigenvalue weighted by atomic mass is 9.94. The van der Waals surface area contributed by atoms with Crippen LogP contribution in [0.5, 0.6) is 0 Å². The zero-order valence-electron chi connectivity index (χ0n) is 14.1. The molecule has 0 N–H and O–H groups in total. The third-order valence-corrected chi connectivity index (χ3v) is 6.00. The second-order valence-corrected chi connectivity index (χ2v) is 7.56. The Morgan fingerprint density at radius 1 is 1.19 bits per heavy atom. The normalized spacial score (nSPS) is 16.6. The molecule has 2 aromatic carbocycles. The Bertz CT molecular complexity index is 1030. The molecule has 1 heterocycles. The summed E-state index contributed by atoms with van der Waals surface area (Å²) in [7, 11) is -3.34. The fraction of sp³-hybridized carbons (Fsp3) is 0.176. The summed E-state index contributed by atoms with van der Waals surface area (Å²) >= 11 is 0. The summed E-state index contributed by atoms with van der Waals surface area (Å²) in [5.74, 6) is -1.69. The van der Waals surface area contributed by atoms with E-state index in [4.69, 9.17) is 4.74 Å². The van der Waals surface area contributed by atoms with Gasteiger partial charge in [-0.2, -0.15) is 0 Å². The van der Waals surface area contributed by atoms with Crippen molar-refractivity contribution in [3.63, 3.8) is 0 Å². The predicted molar refractivity (Wildman–Crippen MR) is 92.0 cm³/mol. The lowest BCUT2D eigenvalue weighted by Crippen LogP contribution is -2.47. The number of nitrogens with zero attached hydrogens (tertiary/aromatic N) is 2. The molecule has 9 nitrogen and oxygen atoms in total. The van der Waals surface area contributed by atoms with Gasteiger partial charge in [-0.3, -0.25) is 14.9 Å². The highest BCUT2D eigenvalue weighted by atomic mass is 32.2. The number of fused-ring (bicyclic) bond motifs is 1. The first-order chi connectivity index (χ1) is 12.8. The van der Waals surface area contributed by atoms with E-state index in [1.54, 1.807) is 24.3 Å². The number of hydrogen-bond acceptors (Lipinski definition) is 7. The van der Waals surface area contributed by atoms with Crippen molar-refractivity contribution in [3.8, 4) is 0 Å². The second-order valence-electron chi connectivity index (χ2n) is 5.75. The first-order valence-corrected chi connectivity index (χ1v) is 9.18. The number of sulfonamides is 1. The summed E-state index contributed by atoms with van der Waals surface area (Å²) in [5, 5.41) is 10.8. The van der Waals surface area contributed by atoms with Gasteiger partial charge in [0.1, 0.15) is 0 Å². The van der Waals surface area contributed by atoms with Crippen LogP contribution in [-0.2, 0) is 30.8 Å². The number of amides is 1. The van der Waals surface area contributed by atoms with Crippen molar-refractivity contribution in [1.29, 1.82) is 0 Å². The van der Waals surface area contributed by atoms with Gasteiger partial charge in [0.15, 0.2) is 6.04 Å². The van der Waals surface area contributed by atoms with E-state index < -0.39 is 32.9 Å². The Morgan fingerprint density at radius 3 is 2.41 bits per heavy atom. The number of carbonyl (C=O) groups is 2. The van der Waals surface area contributed by atoms with Gasteiger partial charge >= 0.3 is 5.97 Å². The molecule has 0 aromatic heterocycles. The summed E-state index contributed by atoms with van der Waals surface area (Å²) in [6.45, 7) is 0. The van der Waals surface area contributed by atoms with Gasteiger partial charge in [0.2, 0.25) is 5.91 Å². The van der Waals surface area contributed by atoms with Gasteiger partial charge in [0.25, 0.3) is 15.7 Å². The van der Waals surface area contributed by atoms with E-state index in [9.17, 15) is 28.1 Å². The molecule has 1 amide bonds. The first kappa shape index (κ1) is 18.5. The van der Waals surface area contributed by atoms with Crippen molar-refractivity contribution in [1.82, 2.24) is 4.31 Å². The average molecular weight is 390 g/mol.